The Hall–Kier alpha value is -0.490. The zero-order valence-electron chi connectivity index (χ0n) is 13.2. The highest BCUT2D eigenvalue weighted by atomic mass is 32.1. The molecule has 1 aromatic heterocycles. The molecule has 114 valence electrons. The Morgan fingerprint density at radius 1 is 1.40 bits per heavy atom. The van der Waals surface area contributed by atoms with E-state index in [0.29, 0.717) is 0 Å². The van der Waals surface area contributed by atoms with Gasteiger partial charge < -0.3 is 0 Å². The minimum atomic E-state index is 0.110. The molecule has 0 amide bonds. The first-order valence-corrected chi connectivity index (χ1v) is 8.47. The van der Waals surface area contributed by atoms with Gasteiger partial charge in [-0.3, -0.25) is 16.2 Å². The zero-order chi connectivity index (χ0) is 14.8. The first-order valence-electron chi connectivity index (χ1n) is 7.65. The second-order valence-corrected chi connectivity index (χ2v) is 7.37. The van der Waals surface area contributed by atoms with Crippen LogP contribution in [0.1, 0.15) is 48.7 Å². The predicted molar refractivity (Wildman–Crippen MR) is 85.9 cm³/mol. The molecule has 5 heteroatoms. The van der Waals surface area contributed by atoms with Crippen LogP contribution in [0.3, 0.4) is 0 Å². The van der Waals surface area contributed by atoms with Crippen molar-refractivity contribution in [2.75, 3.05) is 13.1 Å². The Morgan fingerprint density at radius 3 is 2.50 bits per heavy atom. The molecule has 20 heavy (non-hydrogen) atoms. The van der Waals surface area contributed by atoms with Crippen molar-refractivity contribution in [3.8, 4) is 0 Å². The van der Waals surface area contributed by atoms with Gasteiger partial charge in [0, 0.05) is 22.9 Å². The van der Waals surface area contributed by atoms with Gasteiger partial charge in [-0.1, -0.05) is 6.92 Å². The van der Waals surface area contributed by atoms with Crippen molar-refractivity contribution in [3.63, 3.8) is 0 Å². The van der Waals surface area contributed by atoms with Crippen LogP contribution in [0.4, 0.5) is 0 Å². The number of nitrogens with zero attached hydrogens (tertiary/aromatic N) is 2. The summed E-state index contributed by atoms with van der Waals surface area (Å²) in [6.45, 7) is 11.2. The summed E-state index contributed by atoms with van der Waals surface area (Å²) in [5, 5.41) is 1.20. The molecule has 0 aliphatic carbocycles. The van der Waals surface area contributed by atoms with Gasteiger partial charge in [-0.15, -0.1) is 11.3 Å². The number of hydrazine groups is 1. The third-order valence-corrected chi connectivity index (χ3v) is 6.04. The van der Waals surface area contributed by atoms with E-state index in [1.54, 1.807) is 11.3 Å². The molecule has 2 unspecified atom stereocenters. The molecule has 1 aliphatic heterocycles. The second-order valence-electron chi connectivity index (χ2n) is 6.08. The number of nitrogens with one attached hydrogen (secondary N) is 1. The van der Waals surface area contributed by atoms with Crippen LogP contribution >= 0.6 is 11.3 Å². The Morgan fingerprint density at radius 2 is 2.05 bits per heavy atom. The topological polar surface area (TPSA) is 54.2 Å². The van der Waals surface area contributed by atoms with Crippen LogP contribution in [0.15, 0.2) is 0 Å². The summed E-state index contributed by atoms with van der Waals surface area (Å²) in [7, 11) is 0. The molecule has 0 radical (unpaired) electrons. The van der Waals surface area contributed by atoms with Crippen molar-refractivity contribution in [2.45, 2.75) is 65.0 Å². The molecule has 3 N–H and O–H groups in total. The van der Waals surface area contributed by atoms with E-state index in [2.05, 4.69) is 43.0 Å². The molecular weight excluding hydrogens is 268 g/mol. The molecule has 0 bridgehead atoms. The summed E-state index contributed by atoms with van der Waals surface area (Å²) in [6, 6.07) is 0.246. The van der Waals surface area contributed by atoms with E-state index in [0.717, 1.165) is 18.5 Å². The lowest BCUT2D eigenvalue weighted by atomic mass is 9.86. The molecular formula is C15H28N4S. The monoisotopic (exact) mass is 296 g/mol. The van der Waals surface area contributed by atoms with Crippen LogP contribution < -0.4 is 11.3 Å². The number of likely N-dealkylation sites (tertiary alicyclic amines) is 1. The third kappa shape index (κ3) is 3.06. The average molecular weight is 296 g/mol. The minimum absolute atomic E-state index is 0.110. The van der Waals surface area contributed by atoms with Crippen molar-refractivity contribution in [3.05, 3.63) is 15.6 Å². The average Bonchev–Trinajstić information content (AvgIpc) is 3.06. The molecule has 1 aromatic rings. The summed E-state index contributed by atoms with van der Waals surface area (Å²) in [6.07, 6.45) is 4.63. The lowest BCUT2D eigenvalue weighted by molar-refractivity contribution is 0.0840. The molecule has 2 atom stereocenters. The van der Waals surface area contributed by atoms with Gasteiger partial charge in [-0.2, -0.15) is 0 Å². The molecule has 0 spiro atoms. The minimum Gasteiger partial charge on any atom is -0.296 e. The van der Waals surface area contributed by atoms with E-state index >= 15 is 0 Å². The van der Waals surface area contributed by atoms with Gasteiger partial charge >= 0.3 is 0 Å². The molecule has 2 heterocycles. The van der Waals surface area contributed by atoms with Crippen LogP contribution in [-0.2, 0) is 6.42 Å². The molecule has 2 rings (SSSR count). The number of nitrogens with two attached hydrogens (primary N) is 1. The van der Waals surface area contributed by atoms with Gasteiger partial charge in [0.2, 0.25) is 0 Å². The Kier molecular flexibility index (Phi) is 5.18. The van der Waals surface area contributed by atoms with E-state index in [9.17, 15) is 0 Å². The van der Waals surface area contributed by atoms with Crippen LogP contribution in [-0.4, -0.2) is 34.6 Å². The Balaban J connectivity index is 2.16. The van der Waals surface area contributed by atoms with Gasteiger partial charge in [0.05, 0.1) is 10.7 Å². The van der Waals surface area contributed by atoms with Gasteiger partial charge in [0.1, 0.15) is 0 Å². The standard InChI is InChI=1S/C15H28N4S/c1-5-15(4,19-8-6-7-9-19)13(18-16)10-14-17-11(2)12(3)20-14/h13,18H,5-10,16H2,1-4H3. The normalized spacial score (nSPS) is 21.1. The quantitative estimate of drug-likeness (QED) is 0.625. The van der Waals surface area contributed by atoms with E-state index in [1.807, 2.05) is 0 Å². The van der Waals surface area contributed by atoms with Crippen molar-refractivity contribution in [1.29, 1.82) is 0 Å². The molecule has 0 aromatic carbocycles. The number of rotatable bonds is 6. The Bertz CT molecular complexity index is 420. The third-order valence-electron chi connectivity index (χ3n) is 4.95. The van der Waals surface area contributed by atoms with Gasteiger partial charge in [0.25, 0.3) is 0 Å². The highest BCUT2D eigenvalue weighted by Gasteiger charge is 2.39. The van der Waals surface area contributed by atoms with E-state index in [4.69, 9.17) is 5.84 Å². The van der Waals surface area contributed by atoms with E-state index < -0.39 is 0 Å². The maximum atomic E-state index is 5.89. The smallest absolute Gasteiger partial charge is 0.0947 e. The van der Waals surface area contributed by atoms with Gasteiger partial charge in [-0.25, -0.2) is 4.98 Å². The first kappa shape index (κ1) is 15.9. The number of hydrogen-bond donors (Lipinski definition) is 2. The van der Waals surface area contributed by atoms with Crippen LogP contribution in [0.5, 0.6) is 0 Å². The summed E-state index contributed by atoms with van der Waals surface area (Å²) in [5.41, 5.74) is 4.34. The number of thiazole rings is 1. The highest BCUT2D eigenvalue weighted by Crippen LogP contribution is 2.30. The fourth-order valence-corrected chi connectivity index (χ4v) is 4.16. The molecule has 1 aliphatic rings. The fraction of sp³-hybridized carbons (Fsp3) is 0.800. The highest BCUT2D eigenvalue weighted by molar-refractivity contribution is 7.11. The summed E-state index contributed by atoms with van der Waals surface area (Å²) >= 11 is 1.80. The van der Waals surface area contributed by atoms with Crippen LogP contribution in [0, 0.1) is 13.8 Å². The fourth-order valence-electron chi connectivity index (χ4n) is 3.18. The van der Waals surface area contributed by atoms with Gasteiger partial charge in [0.15, 0.2) is 0 Å². The summed E-state index contributed by atoms with van der Waals surface area (Å²) < 4.78 is 0. The van der Waals surface area contributed by atoms with Crippen molar-refractivity contribution in [2.24, 2.45) is 5.84 Å². The molecule has 4 nitrogen and oxygen atoms in total. The maximum Gasteiger partial charge on any atom is 0.0947 e. The zero-order valence-corrected chi connectivity index (χ0v) is 14.0. The predicted octanol–water partition coefficient (Wildman–Crippen LogP) is 2.40. The molecule has 1 fully saturated rings. The van der Waals surface area contributed by atoms with Gasteiger partial charge in [-0.05, 0) is 53.1 Å². The van der Waals surface area contributed by atoms with Crippen LogP contribution in [0.25, 0.3) is 0 Å². The SMILES string of the molecule is CCC(C)(C(Cc1nc(C)c(C)s1)NN)N1CCCC1. The lowest BCUT2D eigenvalue weighted by Gasteiger charge is -2.44. The number of hydrogen-bond acceptors (Lipinski definition) is 5. The van der Waals surface area contributed by atoms with E-state index in [-0.39, 0.29) is 11.6 Å². The van der Waals surface area contributed by atoms with Crippen molar-refractivity contribution in [1.82, 2.24) is 15.3 Å². The summed E-state index contributed by atoms with van der Waals surface area (Å²) in [5.74, 6) is 5.89. The Labute approximate surface area is 126 Å². The summed E-state index contributed by atoms with van der Waals surface area (Å²) in [4.78, 5) is 8.59. The first-order chi connectivity index (χ1) is 9.51. The molecule has 1 saturated heterocycles. The number of aromatic nitrogens is 1. The molecule has 0 saturated carbocycles. The van der Waals surface area contributed by atoms with E-state index in [1.165, 1.54) is 35.8 Å². The second kappa shape index (κ2) is 6.52. The van der Waals surface area contributed by atoms with Crippen molar-refractivity contribution >= 4 is 11.3 Å². The van der Waals surface area contributed by atoms with Crippen molar-refractivity contribution < 1.29 is 0 Å². The number of aryl methyl sites for hydroxylation is 2. The van der Waals surface area contributed by atoms with Crippen LogP contribution in [0.2, 0.25) is 0 Å². The lowest BCUT2D eigenvalue weighted by Crippen LogP contribution is -2.61. The largest absolute Gasteiger partial charge is 0.296 e. The maximum absolute atomic E-state index is 5.89.